The summed E-state index contributed by atoms with van der Waals surface area (Å²) in [4.78, 5) is 27.8. The van der Waals surface area contributed by atoms with Crippen molar-refractivity contribution in [2.45, 2.75) is 6.54 Å². The molecule has 6 nitrogen and oxygen atoms in total. The minimum absolute atomic E-state index is 0.00507. The Morgan fingerprint density at radius 3 is 2.46 bits per heavy atom. The molecule has 1 heterocycles. The van der Waals surface area contributed by atoms with Crippen LogP contribution in [0.3, 0.4) is 0 Å². The zero-order valence-electron chi connectivity index (χ0n) is 15.4. The number of rotatable bonds is 4. The molecule has 0 atom stereocenters. The highest BCUT2D eigenvalue weighted by Crippen LogP contribution is 2.23. The average molecular weight is 407 g/mol. The van der Waals surface area contributed by atoms with Crippen LogP contribution < -0.4 is 4.90 Å². The van der Waals surface area contributed by atoms with Crippen molar-refractivity contribution in [2.24, 2.45) is 0 Å². The van der Waals surface area contributed by atoms with E-state index in [4.69, 9.17) is 16.3 Å². The van der Waals surface area contributed by atoms with E-state index in [0.29, 0.717) is 37.0 Å². The Bertz CT molecular complexity index is 854. The first-order valence-electron chi connectivity index (χ1n) is 8.76. The van der Waals surface area contributed by atoms with Crippen molar-refractivity contribution in [2.75, 3.05) is 38.3 Å². The molecule has 2 aromatic rings. The highest BCUT2D eigenvalue weighted by molar-refractivity contribution is 6.30. The lowest BCUT2D eigenvalue weighted by atomic mass is 10.1. The summed E-state index contributed by atoms with van der Waals surface area (Å²) in [5, 5.41) is 0.538. The SMILES string of the molecule is COC(=O)c1ccc(CN(C(=O)N2CCOCC2)c2ccc(Cl)cc2)c(F)c1. The standard InChI is InChI=1S/C20H20ClFN2O4/c1-27-19(25)14-2-3-15(18(22)12-14)13-24(17-6-4-16(21)5-7-17)20(26)23-8-10-28-11-9-23/h2-7,12H,8-11,13H2,1H3. The van der Waals surface area contributed by atoms with E-state index in [2.05, 4.69) is 4.74 Å². The molecule has 0 aliphatic carbocycles. The quantitative estimate of drug-likeness (QED) is 0.726. The molecule has 2 aromatic carbocycles. The van der Waals surface area contributed by atoms with Crippen LogP contribution in [-0.2, 0) is 16.0 Å². The van der Waals surface area contributed by atoms with Crippen LogP contribution in [0.5, 0.6) is 0 Å². The van der Waals surface area contributed by atoms with E-state index in [-0.39, 0.29) is 23.7 Å². The molecule has 2 amide bonds. The Morgan fingerprint density at radius 1 is 1.18 bits per heavy atom. The largest absolute Gasteiger partial charge is 0.465 e. The molecule has 0 bridgehead atoms. The highest BCUT2D eigenvalue weighted by Gasteiger charge is 2.25. The second-order valence-electron chi connectivity index (χ2n) is 6.24. The number of ether oxygens (including phenoxy) is 2. The molecule has 3 rings (SSSR count). The van der Waals surface area contributed by atoms with E-state index in [9.17, 15) is 14.0 Å². The van der Waals surface area contributed by atoms with Crippen molar-refractivity contribution < 1.29 is 23.5 Å². The number of benzene rings is 2. The molecule has 28 heavy (non-hydrogen) atoms. The third-order valence-corrected chi connectivity index (χ3v) is 4.71. The molecular weight excluding hydrogens is 387 g/mol. The molecule has 0 N–H and O–H groups in total. The number of carbonyl (C=O) groups excluding carboxylic acids is 2. The van der Waals surface area contributed by atoms with Crippen molar-refractivity contribution in [3.63, 3.8) is 0 Å². The predicted octanol–water partition coefficient (Wildman–Crippen LogP) is 3.72. The van der Waals surface area contributed by atoms with Gasteiger partial charge in [0.25, 0.3) is 0 Å². The van der Waals surface area contributed by atoms with E-state index in [1.165, 1.54) is 24.1 Å². The van der Waals surface area contributed by atoms with Gasteiger partial charge in [0, 0.05) is 29.4 Å². The lowest BCUT2D eigenvalue weighted by molar-refractivity contribution is 0.0548. The minimum Gasteiger partial charge on any atom is -0.465 e. The fraction of sp³-hybridized carbons (Fsp3) is 0.300. The van der Waals surface area contributed by atoms with Gasteiger partial charge in [-0.2, -0.15) is 0 Å². The fourth-order valence-corrected chi connectivity index (χ4v) is 3.03. The summed E-state index contributed by atoms with van der Waals surface area (Å²) in [6, 6.07) is 10.6. The van der Waals surface area contributed by atoms with E-state index in [0.717, 1.165) is 6.07 Å². The molecule has 0 saturated carbocycles. The number of nitrogens with zero attached hydrogens (tertiary/aromatic N) is 2. The molecule has 0 unspecified atom stereocenters. The van der Waals surface area contributed by atoms with E-state index >= 15 is 0 Å². The number of urea groups is 1. The number of amides is 2. The molecule has 148 valence electrons. The van der Waals surface area contributed by atoms with Crippen LogP contribution >= 0.6 is 11.6 Å². The Kier molecular flexibility index (Phi) is 6.49. The van der Waals surface area contributed by atoms with Crippen molar-refractivity contribution in [1.29, 1.82) is 0 Å². The van der Waals surface area contributed by atoms with Crippen molar-refractivity contribution in [3.05, 3.63) is 64.4 Å². The number of methoxy groups -OCH3 is 1. The van der Waals surface area contributed by atoms with Gasteiger partial charge in [-0.05, 0) is 36.4 Å². The zero-order chi connectivity index (χ0) is 20.1. The Labute approximate surface area is 167 Å². The number of halogens is 2. The number of anilines is 1. The normalized spacial score (nSPS) is 13.9. The number of carbonyl (C=O) groups is 2. The van der Waals surface area contributed by atoms with Crippen molar-refractivity contribution in [1.82, 2.24) is 4.90 Å². The molecule has 0 radical (unpaired) electrons. The van der Waals surface area contributed by atoms with Gasteiger partial charge in [0.05, 0.1) is 32.4 Å². The van der Waals surface area contributed by atoms with Gasteiger partial charge < -0.3 is 14.4 Å². The summed E-state index contributed by atoms with van der Waals surface area (Å²) in [6.45, 7) is 1.86. The van der Waals surface area contributed by atoms with E-state index in [1.54, 1.807) is 29.2 Å². The summed E-state index contributed by atoms with van der Waals surface area (Å²) in [5.41, 5.74) is 0.989. The van der Waals surface area contributed by atoms with Crippen molar-refractivity contribution in [3.8, 4) is 0 Å². The lowest BCUT2D eigenvalue weighted by Gasteiger charge is -2.33. The lowest BCUT2D eigenvalue weighted by Crippen LogP contribution is -2.48. The molecule has 1 aliphatic heterocycles. The third kappa shape index (κ3) is 4.61. The van der Waals surface area contributed by atoms with Gasteiger partial charge in [0.2, 0.25) is 0 Å². The number of hydrogen-bond donors (Lipinski definition) is 0. The van der Waals surface area contributed by atoms with Gasteiger partial charge in [0.1, 0.15) is 5.82 Å². The highest BCUT2D eigenvalue weighted by atomic mass is 35.5. The summed E-state index contributed by atoms with van der Waals surface area (Å²) < 4.78 is 24.5. The minimum atomic E-state index is -0.621. The summed E-state index contributed by atoms with van der Waals surface area (Å²) in [6.07, 6.45) is 0. The Morgan fingerprint density at radius 2 is 1.86 bits per heavy atom. The van der Waals surface area contributed by atoms with Gasteiger partial charge >= 0.3 is 12.0 Å². The molecule has 8 heteroatoms. The van der Waals surface area contributed by atoms with Crippen LogP contribution in [-0.4, -0.2) is 50.3 Å². The second kappa shape index (κ2) is 9.03. The van der Waals surface area contributed by atoms with Crippen LogP contribution in [0.25, 0.3) is 0 Å². The maximum Gasteiger partial charge on any atom is 0.337 e. The van der Waals surface area contributed by atoms with Crippen LogP contribution in [0.15, 0.2) is 42.5 Å². The molecule has 1 aliphatic rings. The van der Waals surface area contributed by atoms with Crippen molar-refractivity contribution >= 4 is 29.3 Å². The van der Waals surface area contributed by atoms with Crippen LogP contribution in [0, 0.1) is 5.82 Å². The monoisotopic (exact) mass is 406 g/mol. The summed E-state index contributed by atoms with van der Waals surface area (Å²) in [7, 11) is 1.23. The Balaban J connectivity index is 1.89. The first-order valence-corrected chi connectivity index (χ1v) is 9.14. The number of morpholine rings is 1. The van der Waals surface area contributed by atoms with Gasteiger partial charge in [-0.1, -0.05) is 17.7 Å². The molecule has 0 aromatic heterocycles. The molecule has 0 spiro atoms. The number of hydrogen-bond acceptors (Lipinski definition) is 4. The van der Waals surface area contributed by atoms with Gasteiger partial charge in [0.15, 0.2) is 0 Å². The smallest absolute Gasteiger partial charge is 0.337 e. The first kappa shape index (κ1) is 20.1. The fourth-order valence-electron chi connectivity index (χ4n) is 2.91. The van der Waals surface area contributed by atoms with Crippen LogP contribution in [0.1, 0.15) is 15.9 Å². The zero-order valence-corrected chi connectivity index (χ0v) is 16.1. The van der Waals surface area contributed by atoms with Gasteiger partial charge in [-0.25, -0.2) is 14.0 Å². The average Bonchev–Trinajstić information content (AvgIpc) is 2.73. The Hall–Kier alpha value is -2.64. The second-order valence-corrected chi connectivity index (χ2v) is 6.68. The molecule has 1 saturated heterocycles. The van der Waals surface area contributed by atoms with Crippen LogP contribution in [0.4, 0.5) is 14.9 Å². The maximum atomic E-state index is 14.6. The van der Waals surface area contributed by atoms with Gasteiger partial charge in [-0.15, -0.1) is 0 Å². The van der Waals surface area contributed by atoms with E-state index < -0.39 is 11.8 Å². The topological polar surface area (TPSA) is 59.1 Å². The third-order valence-electron chi connectivity index (χ3n) is 4.45. The maximum absolute atomic E-state index is 14.6. The molecular formula is C20H20ClFN2O4. The first-order chi connectivity index (χ1) is 13.5. The van der Waals surface area contributed by atoms with Crippen LogP contribution in [0.2, 0.25) is 5.02 Å². The summed E-state index contributed by atoms with van der Waals surface area (Å²) in [5.74, 6) is -1.21. The van der Waals surface area contributed by atoms with Gasteiger partial charge in [-0.3, -0.25) is 4.90 Å². The summed E-state index contributed by atoms with van der Waals surface area (Å²) >= 11 is 5.96. The number of esters is 1. The van der Waals surface area contributed by atoms with E-state index in [1.807, 2.05) is 0 Å². The predicted molar refractivity (Wildman–Crippen MR) is 103 cm³/mol. The molecule has 1 fully saturated rings.